The van der Waals surface area contributed by atoms with Crippen LogP contribution in [0.25, 0.3) is 5.20 Å². The highest BCUT2D eigenvalue weighted by molar-refractivity contribution is 7.04. The molecule has 2 aromatic rings. The maximum Gasteiger partial charge on any atom is 0.112 e. The molecule has 1 nitrogen and oxygen atoms in total. The highest BCUT2D eigenvalue weighted by atomic mass is 28.3. The van der Waals surface area contributed by atoms with Gasteiger partial charge in [-0.2, -0.15) is 0 Å². The van der Waals surface area contributed by atoms with E-state index in [1.54, 1.807) is 6.20 Å². The van der Waals surface area contributed by atoms with Crippen LogP contribution in [-0.4, -0.2) is 13.1 Å². The molecule has 1 aromatic heterocycles. The van der Waals surface area contributed by atoms with E-state index in [1.807, 2.05) is 12.3 Å². The summed E-state index contributed by atoms with van der Waals surface area (Å²) in [5.41, 5.74) is 1.16. The van der Waals surface area contributed by atoms with Gasteiger partial charge < -0.3 is 0 Å². The molecule has 2 rings (SSSR count). The molecule has 0 unspecified atom stereocenters. The third-order valence-corrected chi connectivity index (χ3v) is 6.83. The van der Waals surface area contributed by atoms with Crippen LogP contribution < -0.4 is 5.19 Å². The molecule has 0 fully saturated rings. The van der Waals surface area contributed by atoms with Crippen LogP contribution in [0.1, 0.15) is 5.56 Å². The standard InChI is InChI=1S/C15H17NSi/c1-13(14-8-7-11-16-12-14)17(2,3)15-9-5-4-6-10-15/h4-12H,1H2,2-3H3. The molecular weight excluding hydrogens is 222 g/mol. The smallest absolute Gasteiger partial charge is 0.112 e. The summed E-state index contributed by atoms with van der Waals surface area (Å²) in [7, 11) is -1.66. The minimum Gasteiger partial charge on any atom is -0.264 e. The number of pyridine rings is 1. The summed E-state index contributed by atoms with van der Waals surface area (Å²) in [5, 5.41) is 2.64. The first kappa shape index (κ1) is 11.8. The molecular formula is C15H17NSi. The average molecular weight is 239 g/mol. The summed E-state index contributed by atoms with van der Waals surface area (Å²) in [4.78, 5) is 4.17. The Kier molecular flexibility index (Phi) is 3.25. The third kappa shape index (κ3) is 2.37. The van der Waals surface area contributed by atoms with Gasteiger partial charge in [0, 0.05) is 12.4 Å². The van der Waals surface area contributed by atoms with E-state index in [-0.39, 0.29) is 0 Å². The number of nitrogens with zero attached hydrogens (tertiary/aromatic N) is 1. The Morgan fingerprint density at radius 1 is 1.06 bits per heavy atom. The lowest BCUT2D eigenvalue weighted by atomic mass is 10.3. The molecule has 0 spiro atoms. The van der Waals surface area contributed by atoms with Crippen LogP contribution in [0.5, 0.6) is 0 Å². The van der Waals surface area contributed by atoms with Gasteiger partial charge in [-0.25, -0.2) is 0 Å². The van der Waals surface area contributed by atoms with Crippen molar-refractivity contribution in [3.8, 4) is 0 Å². The van der Waals surface area contributed by atoms with Crippen molar-refractivity contribution in [3.05, 3.63) is 67.0 Å². The molecule has 0 amide bonds. The van der Waals surface area contributed by atoms with Crippen molar-refractivity contribution in [2.24, 2.45) is 0 Å². The number of hydrogen-bond acceptors (Lipinski definition) is 1. The SMILES string of the molecule is C=C(c1cccnc1)[Si](C)(C)c1ccccc1. The van der Waals surface area contributed by atoms with E-state index in [4.69, 9.17) is 0 Å². The molecule has 1 heterocycles. The van der Waals surface area contributed by atoms with Crippen molar-refractivity contribution in [1.29, 1.82) is 0 Å². The lowest BCUT2D eigenvalue weighted by molar-refractivity contribution is 1.31. The highest BCUT2D eigenvalue weighted by Gasteiger charge is 2.27. The van der Waals surface area contributed by atoms with Crippen LogP contribution in [0, 0.1) is 0 Å². The predicted octanol–water partition coefficient (Wildman–Crippen LogP) is 3.25. The van der Waals surface area contributed by atoms with Gasteiger partial charge in [0.2, 0.25) is 0 Å². The molecule has 0 aliphatic heterocycles. The van der Waals surface area contributed by atoms with E-state index < -0.39 is 8.07 Å². The normalized spacial score (nSPS) is 11.2. The Morgan fingerprint density at radius 2 is 1.76 bits per heavy atom. The molecule has 17 heavy (non-hydrogen) atoms. The Bertz CT molecular complexity index is 503. The van der Waals surface area contributed by atoms with Crippen molar-refractivity contribution in [3.63, 3.8) is 0 Å². The molecule has 0 aliphatic rings. The first-order chi connectivity index (χ1) is 8.12. The number of hydrogen-bond donors (Lipinski definition) is 0. The lowest BCUT2D eigenvalue weighted by Crippen LogP contribution is -2.42. The fraction of sp³-hybridized carbons (Fsp3) is 0.133. The molecule has 0 aliphatic carbocycles. The van der Waals surface area contributed by atoms with Gasteiger partial charge in [0.1, 0.15) is 8.07 Å². The van der Waals surface area contributed by atoms with Crippen LogP contribution >= 0.6 is 0 Å². The van der Waals surface area contributed by atoms with Crippen molar-refractivity contribution in [2.75, 3.05) is 0 Å². The molecule has 0 radical (unpaired) electrons. The zero-order valence-corrected chi connectivity index (χ0v) is 11.4. The summed E-state index contributed by atoms with van der Waals surface area (Å²) >= 11 is 0. The van der Waals surface area contributed by atoms with Crippen molar-refractivity contribution < 1.29 is 0 Å². The monoisotopic (exact) mass is 239 g/mol. The molecule has 1 aromatic carbocycles. The van der Waals surface area contributed by atoms with Crippen molar-refractivity contribution in [1.82, 2.24) is 4.98 Å². The van der Waals surface area contributed by atoms with E-state index in [2.05, 4.69) is 61.1 Å². The summed E-state index contributed by atoms with van der Waals surface area (Å²) in [6.07, 6.45) is 3.70. The van der Waals surface area contributed by atoms with E-state index in [0.717, 1.165) is 5.56 Å². The fourth-order valence-electron chi connectivity index (χ4n) is 1.93. The van der Waals surface area contributed by atoms with Gasteiger partial charge in [-0.05, 0) is 11.6 Å². The third-order valence-electron chi connectivity index (χ3n) is 3.26. The molecule has 0 N–H and O–H groups in total. The molecule has 2 heteroatoms. The maximum absolute atomic E-state index is 4.29. The van der Waals surface area contributed by atoms with E-state index >= 15 is 0 Å². The van der Waals surface area contributed by atoms with E-state index in [9.17, 15) is 0 Å². The Labute approximate surface area is 104 Å². The largest absolute Gasteiger partial charge is 0.264 e. The molecule has 0 saturated heterocycles. The Hall–Kier alpha value is -1.67. The maximum atomic E-state index is 4.29. The number of aromatic nitrogens is 1. The molecule has 0 saturated carbocycles. The highest BCUT2D eigenvalue weighted by Crippen LogP contribution is 2.23. The minimum atomic E-state index is -1.66. The van der Waals surface area contributed by atoms with Crippen LogP contribution in [0.3, 0.4) is 0 Å². The van der Waals surface area contributed by atoms with Crippen LogP contribution in [0.4, 0.5) is 0 Å². The van der Waals surface area contributed by atoms with Gasteiger partial charge >= 0.3 is 0 Å². The predicted molar refractivity (Wildman–Crippen MR) is 76.8 cm³/mol. The second-order valence-corrected chi connectivity index (χ2v) is 9.14. The summed E-state index contributed by atoms with van der Waals surface area (Å²) in [6.45, 7) is 8.96. The second-order valence-electron chi connectivity index (χ2n) is 4.71. The van der Waals surface area contributed by atoms with E-state index in [1.165, 1.54) is 10.4 Å². The Balaban J connectivity index is 2.37. The number of benzene rings is 1. The van der Waals surface area contributed by atoms with E-state index in [0.29, 0.717) is 0 Å². The zero-order chi connectivity index (χ0) is 12.3. The average Bonchev–Trinajstić information content (AvgIpc) is 2.40. The molecule has 0 bridgehead atoms. The molecule has 0 atom stereocenters. The zero-order valence-electron chi connectivity index (χ0n) is 10.4. The van der Waals surface area contributed by atoms with Crippen molar-refractivity contribution >= 4 is 18.5 Å². The van der Waals surface area contributed by atoms with Gasteiger partial charge in [-0.1, -0.05) is 66.5 Å². The number of rotatable bonds is 3. The summed E-state index contributed by atoms with van der Waals surface area (Å²) in [6, 6.07) is 14.7. The first-order valence-corrected chi connectivity index (χ1v) is 8.77. The topological polar surface area (TPSA) is 12.9 Å². The lowest BCUT2D eigenvalue weighted by Gasteiger charge is -2.25. The van der Waals surface area contributed by atoms with Gasteiger partial charge in [0.05, 0.1) is 0 Å². The van der Waals surface area contributed by atoms with Crippen LogP contribution in [0.15, 0.2) is 61.4 Å². The molecule has 86 valence electrons. The fourth-order valence-corrected chi connectivity index (χ4v) is 4.17. The summed E-state index contributed by atoms with van der Waals surface area (Å²) < 4.78 is 0. The Morgan fingerprint density at radius 3 is 2.35 bits per heavy atom. The quantitative estimate of drug-likeness (QED) is 0.749. The second kappa shape index (κ2) is 4.68. The van der Waals surface area contributed by atoms with Gasteiger partial charge in [-0.15, -0.1) is 0 Å². The van der Waals surface area contributed by atoms with Gasteiger partial charge in [0.15, 0.2) is 0 Å². The van der Waals surface area contributed by atoms with Gasteiger partial charge in [-0.3, -0.25) is 4.98 Å². The summed E-state index contributed by atoms with van der Waals surface area (Å²) in [5.74, 6) is 0. The van der Waals surface area contributed by atoms with Crippen molar-refractivity contribution in [2.45, 2.75) is 13.1 Å². The van der Waals surface area contributed by atoms with Crippen LogP contribution in [0.2, 0.25) is 13.1 Å². The first-order valence-electron chi connectivity index (χ1n) is 5.77. The minimum absolute atomic E-state index is 1.16. The van der Waals surface area contributed by atoms with Crippen LogP contribution in [-0.2, 0) is 0 Å². The van der Waals surface area contributed by atoms with Gasteiger partial charge in [0.25, 0.3) is 0 Å².